The summed E-state index contributed by atoms with van der Waals surface area (Å²) < 4.78 is 5.86. The number of para-hydroxylation sites is 1. The quantitative estimate of drug-likeness (QED) is 0.199. The van der Waals surface area contributed by atoms with Gasteiger partial charge in [0.15, 0.2) is 17.3 Å². The number of aliphatic hydroxyl groups is 1. The number of hydrogen-bond donors (Lipinski definition) is 4. The standard InChI is InChI=1S/C33H40B3N9O5S/c1-19-28(32(49)45-10-8-21(9-11-45)44-14-12-43(13-15-44)16-17-46)51-31(37-19)22-4-3-5-23(27(22)50-2)38-24-18-25(39-29(47)20-6-7-20)41-42-26(24)30(48)40-33(34,35)36/h3-5,18,20-21,46H,6-17H2,1-2H3,(H,40,48)(H2,38,39,41,47). The van der Waals surface area contributed by atoms with Crippen molar-refractivity contribution >= 4 is 69.8 Å². The van der Waals surface area contributed by atoms with Crippen LogP contribution in [0.4, 0.5) is 17.2 Å². The predicted octanol–water partition coefficient (Wildman–Crippen LogP) is 1.07. The maximum Gasteiger partial charge on any atom is 0.272 e. The van der Waals surface area contributed by atoms with E-state index in [9.17, 15) is 19.5 Å². The van der Waals surface area contributed by atoms with Crippen molar-refractivity contribution in [1.29, 1.82) is 0 Å². The lowest BCUT2D eigenvalue weighted by Crippen LogP contribution is -2.54. The molecule has 0 unspecified atom stereocenters. The zero-order valence-corrected chi connectivity index (χ0v) is 29.7. The number of benzene rings is 1. The Bertz CT molecular complexity index is 1750. The molecule has 3 aliphatic rings. The molecule has 1 aromatic carbocycles. The van der Waals surface area contributed by atoms with E-state index in [-0.39, 0.29) is 41.5 Å². The summed E-state index contributed by atoms with van der Waals surface area (Å²) in [5, 5.41) is 24.0. The van der Waals surface area contributed by atoms with Gasteiger partial charge in [-0.2, -0.15) is 0 Å². The van der Waals surface area contributed by atoms with Crippen LogP contribution in [0, 0.1) is 12.8 Å². The number of carbonyl (C=O) groups is 3. The van der Waals surface area contributed by atoms with Crippen LogP contribution in [0.5, 0.6) is 5.75 Å². The highest BCUT2D eigenvalue weighted by atomic mass is 32.1. The molecule has 2 saturated heterocycles. The minimum absolute atomic E-state index is 0.0363. The SMILES string of the molecule is [B]C([B])([B])NC(=O)c1nnc(NC(=O)C2CC2)cc1Nc1cccc(-c2nc(C)c(C(=O)N3CCC(N4CCN(CCO)CC4)CC3)s2)c1OC. The number of nitrogens with one attached hydrogen (secondary N) is 3. The highest BCUT2D eigenvalue weighted by Crippen LogP contribution is 2.41. The van der Waals surface area contributed by atoms with Gasteiger partial charge in [0.2, 0.25) is 5.91 Å². The summed E-state index contributed by atoms with van der Waals surface area (Å²) >= 11 is 1.30. The van der Waals surface area contributed by atoms with Crippen molar-refractivity contribution < 1.29 is 24.2 Å². The van der Waals surface area contributed by atoms with Crippen LogP contribution in [0.25, 0.3) is 10.6 Å². The van der Waals surface area contributed by atoms with Crippen molar-refractivity contribution in [3.05, 3.63) is 40.5 Å². The fourth-order valence-corrected chi connectivity index (χ4v) is 7.55. The Balaban J connectivity index is 1.19. The van der Waals surface area contributed by atoms with E-state index < -0.39 is 11.1 Å². The van der Waals surface area contributed by atoms with Gasteiger partial charge < -0.3 is 30.7 Å². The predicted molar refractivity (Wildman–Crippen MR) is 197 cm³/mol. The molecule has 3 aromatic rings. The first kappa shape index (κ1) is 36.8. The summed E-state index contributed by atoms with van der Waals surface area (Å²) in [5.74, 6) is -0.544. The van der Waals surface area contributed by atoms with E-state index in [1.165, 1.54) is 24.5 Å². The Kier molecular flexibility index (Phi) is 11.3. The molecule has 14 nitrogen and oxygen atoms in total. The molecule has 6 radical (unpaired) electrons. The third-order valence-corrected chi connectivity index (χ3v) is 10.5. The van der Waals surface area contributed by atoms with Crippen molar-refractivity contribution in [2.75, 3.05) is 70.2 Å². The number of aryl methyl sites for hydroxylation is 1. The van der Waals surface area contributed by atoms with Gasteiger partial charge in [-0.3, -0.25) is 24.2 Å². The van der Waals surface area contributed by atoms with Gasteiger partial charge in [-0.1, -0.05) is 11.3 Å². The number of anilines is 3. The number of hydrogen-bond acceptors (Lipinski definition) is 12. The molecule has 2 aromatic heterocycles. The molecule has 0 atom stereocenters. The van der Waals surface area contributed by atoms with Crippen LogP contribution in [-0.4, -0.2) is 147 Å². The molecule has 0 bridgehead atoms. The molecule has 0 spiro atoms. The molecule has 2 aliphatic heterocycles. The molecular formula is C33H40B3N9O5S. The van der Waals surface area contributed by atoms with Crippen LogP contribution in [0.3, 0.4) is 0 Å². The number of carbonyl (C=O) groups excluding carboxylic acids is 3. The number of amides is 3. The monoisotopic (exact) mass is 707 g/mol. The number of aliphatic hydroxyl groups excluding tert-OH is 1. The van der Waals surface area contributed by atoms with Crippen LogP contribution in [0.2, 0.25) is 0 Å². The lowest BCUT2D eigenvalue weighted by Gasteiger charge is -2.42. The van der Waals surface area contributed by atoms with Crippen molar-refractivity contribution in [3.8, 4) is 16.3 Å². The Hall–Kier alpha value is -3.99. The normalized spacial score (nSPS) is 17.6. The zero-order chi connectivity index (χ0) is 36.3. The van der Waals surface area contributed by atoms with Crippen LogP contribution in [-0.2, 0) is 4.79 Å². The molecule has 3 amide bonds. The fourth-order valence-electron chi connectivity index (χ4n) is 6.50. The highest BCUT2D eigenvalue weighted by Gasteiger charge is 2.32. The Labute approximate surface area is 305 Å². The number of thiazole rings is 1. The molecule has 6 rings (SSSR count). The first-order valence-electron chi connectivity index (χ1n) is 17.1. The van der Waals surface area contributed by atoms with Gasteiger partial charge in [-0.05, 0) is 44.7 Å². The van der Waals surface area contributed by atoms with Crippen molar-refractivity contribution in [3.63, 3.8) is 0 Å². The topological polar surface area (TPSA) is 165 Å². The van der Waals surface area contributed by atoms with Crippen LogP contribution in [0.1, 0.15) is 51.5 Å². The number of rotatable bonds is 12. The summed E-state index contributed by atoms with van der Waals surface area (Å²) in [5.41, 5.74) is 1.72. The lowest BCUT2D eigenvalue weighted by atomic mass is 9.49. The largest absolute Gasteiger partial charge is 0.494 e. The van der Waals surface area contributed by atoms with E-state index >= 15 is 0 Å². The number of ether oxygens (including phenoxy) is 1. The number of β-amino-alcohol motifs (C(OH)–C–C–N with tert-alkyl or cyclic N) is 1. The van der Waals surface area contributed by atoms with Crippen molar-refractivity contribution in [1.82, 2.24) is 35.2 Å². The molecule has 51 heavy (non-hydrogen) atoms. The van der Waals surface area contributed by atoms with Gasteiger partial charge in [-0.25, -0.2) is 4.98 Å². The van der Waals surface area contributed by atoms with Gasteiger partial charge in [0.05, 0.1) is 59.9 Å². The van der Waals surface area contributed by atoms with E-state index in [4.69, 9.17) is 33.3 Å². The molecular weight excluding hydrogens is 667 g/mol. The molecule has 1 saturated carbocycles. The summed E-state index contributed by atoms with van der Waals surface area (Å²) in [7, 11) is 18.3. The smallest absolute Gasteiger partial charge is 0.272 e. The molecule has 262 valence electrons. The number of nitrogens with zero attached hydrogens (tertiary/aromatic N) is 6. The number of aromatic nitrogens is 3. The summed E-state index contributed by atoms with van der Waals surface area (Å²) in [6.07, 6.45) is 3.43. The van der Waals surface area contributed by atoms with Crippen LogP contribution < -0.4 is 20.7 Å². The zero-order valence-electron chi connectivity index (χ0n) is 28.9. The van der Waals surface area contributed by atoms with Gasteiger partial charge in [0.1, 0.15) is 9.88 Å². The number of piperidine rings is 1. The summed E-state index contributed by atoms with van der Waals surface area (Å²) in [4.78, 5) is 51.4. The van der Waals surface area contributed by atoms with E-state index in [0.29, 0.717) is 58.3 Å². The van der Waals surface area contributed by atoms with Crippen LogP contribution >= 0.6 is 11.3 Å². The van der Waals surface area contributed by atoms with Crippen molar-refractivity contribution in [2.24, 2.45) is 5.92 Å². The second-order valence-electron chi connectivity index (χ2n) is 13.2. The van der Waals surface area contributed by atoms with Crippen molar-refractivity contribution in [2.45, 2.75) is 43.9 Å². The maximum atomic E-state index is 13.8. The van der Waals surface area contributed by atoms with E-state index in [2.05, 4.69) is 35.9 Å². The summed E-state index contributed by atoms with van der Waals surface area (Å²) in [6, 6.07) is 7.30. The minimum Gasteiger partial charge on any atom is -0.494 e. The molecule has 18 heteroatoms. The second kappa shape index (κ2) is 15.7. The Morgan fingerprint density at radius 3 is 2.39 bits per heavy atom. The average molecular weight is 707 g/mol. The van der Waals surface area contributed by atoms with Gasteiger partial charge in [0, 0.05) is 63.8 Å². The third-order valence-electron chi connectivity index (χ3n) is 9.34. The molecule has 1 aliphatic carbocycles. The fraction of sp³-hybridized carbons (Fsp3) is 0.515. The van der Waals surface area contributed by atoms with E-state index in [1.54, 1.807) is 12.1 Å². The van der Waals surface area contributed by atoms with Gasteiger partial charge in [-0.15, -0.1) is 21.5 Å². The lowest BCUT2D eigenvalue weighted by molar-refractivity contribution is -0.117. The first-order chi connectivity index (χ1) is 24.4. The molecule has 3 fully saturated rings. The molecule has 4 heterocycles. The highest BCUT2D eigenvalue weighted by molar-refractivity contribution is 7.17. The van der Waals surface area contributed by atoms with E-state index in [0.717, 1.165) is 51.9 Å². The Morgan fingerprint density at radius 2 is 1.75 bits per heavy atom. The van der Waals surface area contributed by atoms with Gasteiger partial charge >= 0.3 is 0 Å². The number of methoxy groups -OCH3 is 1. The molecule has 4 N–H and O–H groups in total. The maximum absolute atomic E-state index is 13.8. The third kappa shape index (κ3) is 8.91. The van der Waals surface area contributed by atoms with E-state index in [1.807, 2.05) is 17.9 Å². The second-order valence-corrected chi connectivity index (χ2v) is 14.2. The minimum atomic E-state index is -2.02. The first-order valence-corrected chi connectivity index (χ1v) is 17.9. The number of likely N-dealkylation sites (tertiary alicyclic amines) is 1. The average Bonchev–Trinajstić information content (AvgIpc) is 3.89. The summed E-state index contributed by atoms with van der Waals surface area (Å²) in [6.45, 7) is 7.94. The van der Waals surface area contributed by atoms with Gasteiger partial charge in [0.25, 0.3) is 11.8 Å². The van der Waals surface area contributed by atoms with Crippen LogP contribution in [0.15, 0.2) is 24.3 Å². The number of piperazine rings is 1. The Morgan fingerprint density at radius 1 is 1.02 bits per heavy atom.